The second-order valence-corrected chi connectivity index (χ2v) is 5.08. The number of carbonyl (C=O) groups is 2. The number of amides is 1. The lowest BCUT2D eigenvalue weighted by Gasteiger charge is -2.14. The number of hydrogen-bond acceptors (Lipinski definition) is 5. The summed E-state index contributed by atoms with van der Waals surface area (Å²) in [5, 5.41) is 2.99. The molecule has 1 fully saturated rings. The van der Waals surface area contributed by atoms with Gasteiger partial charge in [-0.3, -0.25) is 9.69 Å². The van der Waals surface area contributed by atoms with Crippen LogP contribution in [0.5, 0.6) is 0 Å². The minimum absolute atomic E-state index is 0.0139. The van der Waals surface area contributed by atoms with Gasteiger partial charge in [0.05, 0.1) is 31.5 Å². The van der Waals surface area contributed by atoms with E-state index in [0.29, 0.717) is 12.2 Å². The molecule has 1 saturated heterocycles. The number of rotatable bonds is 4. The summed E-state index contributed by atoms with van der Waals surface area (Å²) in [5.41, 5.74) is 0.323. The van der Waals surface area contributed by atoms with Crippen LogP contribution >= 0.6 is 12.2 Å². The van der Waals surface area contributed by atoms with Crippen molar-refractivity contribution < 1.29 is 23.5 Å². The molecule has 1 aliphatic heterocycles. The normalized spacial score (nSPS) is 17.1. The summed E-state index contributed by atoms with van der Waals surface area (Å²) in [7, 11) is 1.43. The number of anilines is 1. The van der Waals surface area contributed by atoms with Gasteiger partial charge in [0.1, 0.15) is 11.9 Å². The zero-order valence-electron chi connectivity index (χ0n) is 12.1. The van der Waals surface area contributed by atoms with Crippen molar-refractivity contribution in [2.24, 2.45) is 0 Å². The van der Waals surface area contributed by atoms with Gasteiger partial charge in [-0.2, -0.15) is 0 Å². The lowest BCUT2D eigenvalue weighted by atomic mass is 10.1. The summed E-state index contributed by atoms with van der Waals surface area (Å²) < 4.78 is 23.8. The molecular weight excluding hydrogens is 311 g/mol. The molecule has 1 heterocycles. The Kier molecular flexibility index (Phi) is 4.92. The highest BCUT2D eigenvalue weighted by molar-refractivity contribution is 7.80. The van der Waals surface area contributed by atoms with Crippen molar-refractivity contribution in [3.63, 3.8) is 0 Å². The highest BCUT2D eigenvalue weighted by Gasteiger charge is 2.32. The summed E-state index contributed by atoms with van der Waals surface area (Å²) in [5.74, 6) is -1.04. The van der Waals surface area contributed by atoms with E-state index in [2.05, 4.69) is 5.32 Å². The number of cyclic esters (lactones) is 1. The maximum absolute atomic E-state index is 13.8. The van der Waals surface area contributed by atoms with Crippen LogP contribution in [0, 0.1) is 5.82 Å². The maximum atomic E-state index is 13.8. The van der Waals surface area contributed by atoms with Crippen molar-refractivity contribution >= 4 is 35.0 Å². The highest BCUT2D eigenvalue weighted by Crippen LogP contribution is 2.24. The lowest BCUT2D eigenvalue weighted by molar-refractivity contribution is 0.101. The van der Waals surface area contributed by atoms with Gasteiger partial charge in [-0.25, -0.2) is 9.18 Å². The number of hydrogen-bond donors (Lipinski definition) is 1. The molecule has 1 N–H and O–H groups in total. The van der Waals surface area contributed by atoms with E-state index >= 15 is 0 Å². The molecule has 1 atom stereocenters. The Bertz CT molecular complexity index is 623. The molecule has 0 spiro atoms. The summed E-state index contributed by atoms with van der Waals surface area (Å²) in [4.78, 5) is 24.4. The average molecular weight is 326 g/mol. The van der Waals surface area contributed by atoms with E-state index in [-0.39, 0.29) is 23.1 Å². The van der Waals surface area contributed by atoms with Gasteiger partial charge in [0, 0.05) is 0 Å². The molecule has 6 nitrogen and oxygen atoms in total. The second kappa shape index (κ2) is 6.69. The lowest BCUT2D eigenvalue weighted by Crippen LogP contribution is -2.34. The molecule has 0 aliphatic carbocycles. The first-order chi connectivity index (χ1) is 10.4. The van der Waals surface area contributed by atoms with Gasteiger partial charge in [0.25, 0.3) is 5.17 Å². The van der Waals surface area contributed by atoms with Gasteiger partial charge in [0.2, 0.25) is 0 Å². The number of ketones is 1. The number of nitrogens with one attached hydrogen (secondary N) is 1. The largest absolute Gasteiger partial charge is 0.474 e. The van der Waals surface area contributed by atoms with Crippen molar-refractivity contribution in [2.75, 3.05) is 25.1 Å². The van der Waals surface area contributed by atoms with Crippen molar-refractivity contribution in [1.82, 2.24) is 5.32 Å². The topological polar surface area (TPSA) is 67.9 Å². The molecular formula is C14H15FN2O4S. The van der Waals surface area contributed by atoms with Gasteiger partial charge in [0.15, 0.2) is 5.78 Å². The van der Waals surface area contributed by atoms with Crippen molar-refractivity contribution in [3.05, 3.63) is 29.6 Å². The van der Waals surface area contributed by atoms with Crippen LogP contribution in [-0.2, 0) is 9.47 Å². The molecule has 2 rings (SSSR count). The Morgan fingerprint density at radius 2 is 2.32 bits per heavy atom. The van der Waals surface area contributed by atoms with Gasteiger partial charge in [-0.15, -0.1) is 0 Å². The number of nitrogens with zero attached hydrogens (tertiary/aromatic N) is 1. The van der Waals surface area contributed by atoms with E-state index < -0.39 is 18.0 Å². The fourth-order valence-corrected chi connectivity index (χ4v) is 2.15. The third-order valence-electron chi connectivity index (χ3n) is 3.18. The fourth-order valence-electron chi connectivity index (χ4n) is 2.07. The first-order valence-corrected chi connectivity index (χ1v) is 6.93. The fraction of sp³-hybridized carbons (Fsp3) is 0.357. The number of carbonyl (C=O) groups excluding carboxylic acids is 2. The van der Waals surface area contributed by atoms with Gasteiger partial charge in [-0.1, -0.05) is 0 Å². The summed E-state index contributed by atoms with van der Waals surface area (Å²) in [6.45, 7) is 1.82. The van der Waals surface area contributed by atoms with E-state index in [1.807, 2.05) is 0 Å². The Labute approximate surface area is 132 Å². The first kappa shape index (κ1) is 16.2. The molecule has 0 aromatic heterocycles. The molecule has 1 amide bonds. The number of methoxy groups -OCH3 is 1. The summed E-state index contributed by atoms with van der Waals surface area (Å²) in [6.07, 6.45) is -1.01. The molecule has 0 unspecified atom stereocenters. The van der Waals surface area contributed by atoms with Gasteiger partial charge < -0.3 is 14.8 Å². The predicted molar refractivity (Wildman–Crippen MR) is 81.6 cm³/mol. The number of ether oxygens (including phenoxy) is 2. The quantitative estimate of drug-likeness (QED) is 0.673. The minimum Gasteiger partial charge on any atom is -0.474 e. The number of halogens is 1. The number of thiocarbonyl (C=S) groups is 1. The molecule has 1 aromatic rings. The Morgan fingerprint density at radius 1 is 1.59 bits per heavy atom. The highest BCUT2D eigenvalue weighted by atomic mass is 32.1. The van der Waals surface area contributed by atoms with E-state index in [1.165, 1.54) is 31.1 Å². The van der Waals surface area contributed by atoms with Crippen LogP contribution in [0.1, 0.15) is 17.3 Å². The van der Waals surface area contributed by atoms with E-state index in [4.69, 9.17) is 21.7 Å². The second-order valence-electron chi connectivity index (χ2n) is 4.71. The summed E-state index contributed by atoms with van der Waals surface area (Å²) in [6, 6.07) is 4.01. The number of Topliss-reactive ketones (excluding diaryl/α,β-unsaturated/α-hetero) is 1. The molecule has 0 radical (unpaired) electrons. The van der Waals surface area contributed by atoms with E-state index in [9.17, 15) is 14.0 Å². The zero-order chi connectivity index (χ0) is 16.3. The monoisotopic (exact) mass is 326 g/mol. The molecule has 1 aliphatic rings. The Hall–Kier alpha value is -2.22. The average Bonchev–Trinajstić information content (AvgIpc) is 2.85. The van der Waals surface area contributed by atoms with Crippen LogP contribution in [0.2, 0.25) is 0 Å². The predicted octanol–water partition coefficient (Wildman–Crippen LogP) is 1.87. The number of benzene rings is 1. The molecule has 8 heteroatoms. The molecule has 118 valence electrons. The van der Waals surface area contributed by atoms with Crippen LogP contribution in [0.4, 0.5) is 14.9 Å². The SMILES string of the molecule is COC(=S)NC[C@H]1CN(c2ccc(C(C)=O)c(F)c2)C(=O)O1. The van der Waals surface area contributed by atoms with Gasteiger partial charge >= 0.3 is 6.09 Å². The van der Waals surface area contributed by atoms with Crippen LogP contribution < -0.4 is 10.2 Å². The summed E-state index contributed by atoms with van der Waals surface area (Å²) >= 11 is 4.83. The van der Waals surface area contributed by atoms with Crippen LogP contribution in [0.3, 0.4) is 0 Å². The first-order valence-electron chi connectivity index (χ1n) is 6.53. The van der Waals surface area contributed by atoms with Crippen molar-refractivity contribution in [2.45, 2.75) is 13.0 Å². The molecule has 0 bridgehead atoms. The Morgan fingerprint density at radius 3 is 2.91 bits per heavy atom. The van der Waals surface area contributed by atoms with Crippen LogP contribution in [0.25, 0.3) is 0 Å². The van der Waals surface area contributed by atoms with E-state index in [0.717, 1.165) is 6.07 Å². The van der Waals surface area contributed by atoms with Crippen molar-refractivity contribution in [1.29, 1.82) is 0 Å². The third-order valence-corrected chi connectivity index (χ3v) is 3.49. The zero-order valence-corrected chi connectivity index (χ0v) is 12.9. The van der Waals surface area contributed by atoms with Crippen LogP contribution in [0.15, 0.2) is 18.2 Å². The molecule has 22 heavy (non-hydrogen) atoms. The Balaban J connectivity index is 2.07. The third kappa shape index (κ3) is 3.51. The van der Waals surface area contributed by atoms with Crippen LogP contribution in [-0.4, -0.2) is 43.4 Å². The van der Waals surface area contributed by atoms with Crippen molar-refractivity contribution in [3.8, 4) is 0 Å². The van der Waals surface area contributed by atoms with E-state index in [1.54, 1.807) is 0 Å². The van der Waals surface area contributed by atoms with Gasteiger partial charge in [-0.05, 0) is 37.3 Å². The standard InChI is InChI=1S/C14H15FN2O4S/c1-8(18)11-4-3-9(5-12(11)15)17-7-10(21-14(17)19)6-16-13(22)20-2/h3-5,10H,6-7H2,1-2H3,(H,16,22)/t10-/m0/s1. The minimum atomic E-state index is -0.667. The maximum Gasteiger partial charge on any atom is 0.414 e. The smallest absolute Gasteiger partial charge is 0.414 e. The molecule has 1 aromatic carbocycles. The molecule has 0 saturated carbocycles.